The summed E-state index contributed by atoms with van der Waals surface area (Å²) < 4.78 is 0.995. The highest BCUT2D eigenvalue weighted by Gasteiger charge is 2.29. The summed E-state index contributed by atoms with van der Waals surface area (Å²) in [6.45, 7) is 2.30. The van der Waals surface area contributed by atoms with E-state index >= 15 is 0 Å². The summed E-state index contributed by atoms with van der Waals surface area (Å²) in [7, 11) is 0. The first-order chi connectivity index (χ1) is 9.00. The maximum atomic E-state index is 12.1. The van der Waals surface area contributed by atoms with E-state index in [9.17, 15) is 9.90 Å². The summed E-state index contributed by atoms with van der Waals surface area (Å²) in [4.78, 5) is 12.1. The Kier molecular flexibility index (Phi) is 4.63. The van der Waals surface area contributed by atoms with Crippen LogP contribution in [0.1, 0.15) is 48.0 Å². The topological polar surface area (TPSA) is 49.3 Å². The van der Waals surface area contributed by atoms with E-state index in [1.54, 1.807) is 6.07 Å². The highest BCUT2D eigenvalue weighted by Crippen LogP contribution is 2.27. The molecule has 0 aromatic heterocycles. The van der Waals surface area contributed by atoms with Gasteiger partial charge in [-0.05, 0) is 43.5 Å². The summed E-state index contributed by atoms with van der Waals surface area (Å²) in [5, 5.41) is 13.2. The molecule has 4 heteroatoms. The molecule has 1 aliphatic carbocycles. The van der Waals surface area contributed by atoms with Gasteiger partial charge in [0.05, 0.1) is 5.60 Å². The highest BCUT2D eigenvalue weighted by molar-refractivity contribution is 9.10. The molecule has 0 unspecified atom stereocenters. The maximum Gasteiger partial charge on any atom is 0.251 e. The molecule has 0 bridgehead atoms. The van der Waals surface area contributed by atoms with E-state index in [1.807, 2.05) is 19.1 Å². The van der Waals surface area contributed by atoms with Crippen molar-refractivity contribution in [3.05, 3.63) is 33.8 Å². The van der Waals surface area contributed by atoms with Gasteiger partial charge >= 0.3 is 0 Å². The summed E-state index contributed by atoms with van der Waals surface area (Å²) in [5.41, 5.74) is 0.960. The molecule has 1 fully saturated rings. The molecule has 1 amide bonds. The number of amides is 1. The van der Waals surface area contributed by atoms with E-state index in [2.05, 4.69) is 21.2 Å². The molecule has 0 aliphatic heterocycles. The predicted molar refractivity (Wildman–Crippen MR) is 79.2 cm³/mol. The van der Waals surface area contributed by atoms with Crippen molar-refractivity contribution in [1.82, 2.24) is 5.32 Å². The van der Waals surface area contributed by atoms with Crippen molar-refractivity contribution in [2.75, 3.05) is 6.54 Å². The fourth-order valence-corrected chi connectivity index (χ4v) is 2.77. The molecule has 1 saturated carbocycles. The average Bonchev–Trinajstić information content (AvgIpc) is 2.40. The molecule has 0 atom stereocenters. The number of hydrogen-bond donors (Lipinski definition) is 2. The first-order valence-corrected chi connectivity index (χ1v) is 7.56. The molecule has 1 aromatic rings. The Morgan fingerprint density at radius 2 is 2.05 bits per heavy atom. The van der Waals surface area contributed by atoms with E-state index in [1.165, 1.54) is 6.42 Å². The second-order valence-corrected chi connectivity index (χ2v) is 6.29. The van der Waals surface area contributed by atoms with Crippen molar-refractivity contribution in [1.29, 1.82) is 0 Å². The van der Waals surface area contributed by atoms with Crippen LogP contribution in [0.5, 0.6) is 0 Å². The number of aryl methyl sites for hydroxylation is 1. The Morgan fingerprint density at radius 1 is 1.37 bits per heavy atom. The number of carbonyl (C=O) groups is 1. The third-order valence-electron chi connectivity index (χ3n) is 3.78. The minimum atomic E-state index is -0.710. The lowest BCUT2D eigenvalue weighted by Crippen LogP contribution is -2.44. The zero-order valence-corrected chi connectivity index (χ0v) is 12.8. The minimum Gasteiger partial charge on any atom is -0.388 e. The fourth-order valence-electron chi connectivity index (χ4n) is 2.52. The van der Waals surface area contributed by atoms with Crippen molar-refractivity contribution >= 4 is 21.8 Å². The molecule has 0 radical (unpaired) electrons. The number of halogens is 1. The van der Waals surface area contributed by atoms with Crippen LogP contribution in [-0.2, 0) is 0 Å². The van der Waals surface area contributed by atoms with Crippen molar-refractivity contribution in [2.24, 2.45) is 0 Å². The standard InChI is InChI=1S/C15H20BrNO2/c1-11-9-12(5-6-13(11)16)14(18)17-10-15(19)7-3-2-4-8-15/h5-6,9,19H,2-4,7-8,10H2,1H3,(H,17,18). The number of nitrogens with one attached hydrogen (secondary N) is 1. The second kappa shape index (κ2) is 6.06. The molecule has 1 aromatic carbocycles. The van der Waals surface area contributed by atoms with Crippen LogP contribution in [0.3, 0.4) is 0 Å². The summed E-state index contributed by atoms with van der Waals surface area (Å²) in [6.07, 6.45) is 4.84. The molecule has 0 saturated heterocycles. The van der Waals surface area contributed by atoms with Gasteiger partial charge in [-0.2, -0.15) is 0 Å². The van der Waals surface area contributed by atoms with E-state index in [-0.39, 0.29) is 5.91 Å². The van der Waals surface area contributed by atoms with Crippen molar-refractivity contribution < 1.29 is 9.90 Å². The SMILES string of the molecule is Cc1cc(C(=O)NCC2(O)CCCCC2)ccc1Br. The average molecular weight is 326 g/mol. The molecular formula is C15H20BrNO2. The molecule has 2 N–H and O–H groups in total. The summed E-state index contributed by atoms with van der Waals surface area (Å²) in [6, 6.07) is 5.52. The van der Waals surface area contributed by atoms with Crippen LogP contribution in [0, 0.1) is 6.92 Å². The highest BCUT2D eigenvalue weighted by atomic mass is 79.9. The maximum absolute atomic E-state index is 12.1. The largest absolute Gasteiger partial charge is 0.388 e. The van der Waals surface area contributed by atoms with Gasteiger partial charge < -0.3 is 10.4 Å². The molecule has 0 spiro atoms. The van der Waals surface area contributed by atoms with Gasteiger partial charge in [0, 0.05) is 16.6 Å². The van der Waals surface area contributed by atoms with Crippen LogP contribution in [0.4, 0.5) is 0 Å². The molecule has 104 valence electrons. The smallest absolute Gasteiger partial charge is 0.251 e. The van der Waals surface area contributed by atoms with Crippen LogP contribution < -0.4 is 5.32 Å². The Morgan fingerprint density at radius 3 is 2.68 bits per heavy atom. The van der Waals surface area contributed by atoms with E-state index in [0.717, 1.165) is 35.7 Å². The Bertz CT molecular complexity index is 467. The quantitative estimate of drug-likeness (QED) is 0.896. The zero-order valence-electron chi connectivity index (χ0n) is 11.2. The normalized spacial score (nSPS) is 18.1. The number of hydrogen-bond acceptors (Lipinski definition) is 2. The lowest BCUT2D eigenvalue weighted by molar-refractivity contribution is 0.00526. The van der Waals surface area contributed by atoms with Gasteiger partial charge in [-0.1, -0.05) is 35.2 Å². The van der Waals surface area contributed by atoms with Gasteiger partial charge in [-0.15, -0.1) is 0 Å². The lowest BCUT2D eigenvalue weighted by Gasteiger charge is -2.32. The monoisotopic (exact) mass is 325 g/mol. The van der Waals surface area contributed by atoms with Crippen LogP contribution in [-0.4, -0.2) is 23.2 Å². The summed E-state index contributed by atoms with van der Waals surface area (Å²) in [5.74, 6) is -0.116. The number of aliphatic hydroxyl groups is 1. The summed E-state index contributed by atoms with van der Waals surface area (Å²) >= 11 is 3.42. The first kappa shape index (κ1) is 14.5. The third kappa shape index (κ3) is 3.80. The fraction of sp³-hybridized carbons (Fsp3) is 0.533. The molecule has 0 heterocycles. The number of carbonyl (C=O) groups excluding carboxylic acids is 1. The second-order valence-electron chi connectivity index (χ2n) is 5.43. The Hall–Kier alpha value is -0.870. The minimum absolute atomic E-state index is 0.116. The first-order valence-electron chi connectivity index (χ1n) is 6.77. The van der Waals surface area contributed by atoms with Crippen LogP contribution in [0.25, 0.3) is 0 Å². The van der Waals surface area contributed by atoms with Crippen molar-refractivity contribution in [3.8, 4) is 0 Å². The van der Waals surface area contributed by atoms with Gasteiger partial charge in [0.25, 0.3) is 5.91 Å². The number of benzene rings is 1. The number of rotatable bonds is 3. The van der Waals surface area contributed by atoms with Crippen molar-refractivity contribution in [3.63, 3.8) is 0 Å². The van der Waals surface area contributed by atoms with Crippen molar-refractivity contribution in [2.45, 2.75) is 44.6 Å². The van der Waals surface area contributed by atoms with E-state index in [0.29, 0.717) is 12.1 Å². The lowest BCUT2D eigenvalue weighted by atomic mass is 9.85. The molecular weight excluding hydrogens is 306 g/mol. The molecule has 3 nitrogen and oxygen atoms in total. The zero-order chi connectivity index (χ0) is 13.9. The van der Waals surface area contributed by atoms with Gasteiger partial charge in [0.2, 0.25) is 0 Å². The molecule has 1 aliphatic rings. The molecule has 19 heavy (non-hydrogen) atoms. The van der Waals surface area contributed by atoms with Gasteiger partial charge in [-0.25, -0.2) is 0 Å². The predicted octanol–water partition coefficient (Wildman–Crippen LogP) is 3.18. The van der Waals surface area contributed by atoms with Crippen LogP contribution in [0.2, 0.25) is 0 Å². The van der Waals surface area contributed by atoms with Gasteiger partial charge in [0.1, 0.15) is 0 Å². The Labute approximate surface area is 122 Å². The van der Waals surface area contributed by atoms with Gasteiger partial charge in [0.15, 0.2) is 0 Å². The Balaban J connectivity index is 1.95. The van der Waals surface area contributed by atoms with Crippen LogP contribution in [0.15, 0.2) is 22.7 Å². The van der Waals surface area contributed by atoms with E-state index < -0.39 is 5.60 Å². The molecule has 2 rings (SSSR count). The van der Waals surface area contributed by atoms with Gasteiger partial charge in [-0.3, -0.25) is 4.79 Å². The third-order valence-corrected chi connectivity index (χ3v) is 4.67. The van der Waals surface area contributed by atoms with Crippen LogP contribution >= 0.6 is 15.9 Å². The van der Waals surface area contributed by atoms with E-state index in [4.69, 9.17) is 0 Å².